The minimum atomic E-state index is 0.743. The van der Waals surface area contributed by atoms with E-state index in [2.05, 4.69) is 47.6 Å². The summed E-state index contributed by atoms with van der Waals surface area (Å²) in [6.45, 7) is 4.69. The molecule has 2 aromatic rings. The Balaban J connectivity index is 2.17. The highest BCUT2D eigenvalue weighted by Crippen LogP contribution is 2.19. The fourth-order valence-corrected chi connectivity index (χ4v) is 2.17. The Hall–Kier alpha value is -1.71. The molecule has 0 spiro atoms. The lowest BCUT2D eigenvalue weighted by Crippen LogP contribution is -2.21. The van der Waals surface area contributed by atoms with Crippen LogP contribution in [0.15, 0.2) is 42.1 Å². The molecule has 0 aliphatic carbocycles. The van der Waals surface area contributed by atoms with Gasteiger partial charge in [-0.1, -0.05) is 42.8 Å². The molecule has 0 saturated carbocycles. The third-order valence-corrected chi connectivity index (χ3v) is 3.31. The van der Waals surface area contributed by atoms with Crippen LogP contribution >= 0.6 is 0 Å². The highest BCUT2D eigenvalue weighted by Gasteiger charge is 2.01. The molecule has 106 valence electrons. The topological polar surface area (TPSA) is 34.2 Å². The summed E-state index contributed by atoms with van der Waals surface area (Å²) in [6, 6.07) is 10.4. The number of rotatable bonds is 7. The molecule has 20 heavy (non-hydrogen) atoms. The number of benzene rings is 1. The Bertz CT molecular complexity index is 573. The summed E-state index contributed by atoms with van der Waals surface area (Å²) in [5.74, 6) is 0. The molecule has 0 radical (unpaired) electrons. The van der Waals surface area contributed by atoms with Gasteiger partial charge in [0.2, 0.25) is 0 Å². The highest BCUT2D eigenvalue weighted by molar-refractivity contribution is 5.87. The van der Waals surface area contributed by atoms with E-state index in [1.54, 1.807) is 7.11 Å². The van der Waals surface area contributed by atoms with Gasteiger partial charge in [-0.05, 0) is 12.5 Å². The van der Waals surface area contributed by atoms with Crippen LogP contribution in [0.25, 0.3) is 17.0 Å². The van der Waals surface area contributed by atoms with Crippen molar-refractivity contribution in [2.24, 2.45) is 0 Å². The highest BCUT2D eigenvalue weighted by atomic mass is 16.5. The molecule has 3 heteroatoms. The maximum atomic E-state index is 5.04. The number of hydrogen-bond acceptors (Lipinski definition) is 3. The molecule has 1 aromatic heterocycles. The van der Waals surface area contributed by atoms with E-state index in [0.717, 1.165) is 31.6 Å². The average molecular weight is 270 g/mol. The normalized spacial score (nSPS) is 12.0. The zero-order chi connectivity index (χ0) is 14.2. The third-order valence-electron chi connectivity index (χ3n) is 3.31. The molecule has 0 saturated heterocycles. The summed E-state index contributed by atoms with van der Waals surface area (Å²) in [7, 11) is 1.72. The Kier molecular flexibility index (Phi) is 5.71. The predicted molar refractivity (Wildman–Crippen MR) is 84.8 cm³/mol. The minimum Gasteiger partial charge on any atom is -0.383 e. The molecule has 1 heterocycles. The maximum Gasteiger partial charge on any atom is 0.0774 e. The van der Waals surface area contributed by atoms with Gasteiger partial charge in [-0.25, -0.2) is 0 Å². The van der Waals surface area contributed by atoms with Crippen molar-refractivity contribution in [1.82, 2.24) is 10.3 Å². The molecule has 0 fully saturated rings. The largest absolute Gasteiger partial charge is 0.383 e. The molecule has 0 aliphatic heterocycles. The summed E-state index contributed by atoms with van der Waals surface area (Å²) in [5.41, 5.74) is 3.63. The van der Waals surface area contributed by atoms with Crippen molar-refractivity contribution in [2.75, 3.05) is 26.8 Å². The van der Waals surface area contributed by atoms with Crippen LogP contribution in [0.5, 0.6) is 0 Å². The van der Waals surface area contributed by atoms with Gasteiger partial charge in [0.15, 0.2) is 0 Å². The van der Waals surface area contributed by atoms with Gasteiger partial charge in [0.1, 0.15) is 0 Å². The van der Waals surface area contributed by atoms with Crippen LogP contribution in [0, 0.1) is 0 Å². The van der Waals surface area contributed by atoms with E-state index in [1.807, 2.05) is 12.3 Å². The molecular weight excluding hydrogens is 248 g/mol. The molecule has 1 aromatic carbocycles. The van der Waals surface area contributed by atoms with Crippen molar-refractivity contribution in [3.05, 3.63) is 47.7 Å². The monoisotopic (exact) mass is 270 g/mol. The van der Waals surface area contributed by atoms with E-state index in [9.17, 15) is 0 Å². The number of ether oxygens (including phenoxy) is 1. The molecule has 0 aliphatic rings. The molecule has 0 unspecified atom stereocenters. The number of hydrogen-bond donors (Lipinski definition) is 1. The van der Waals surface area contributed by atoms with Crippen molar-refractivity contribution in [3.63, 3.8) is 0 Å². The van der Waals surface area contributed by atoms with Gasteiger partial charge in [-0.15, -0.1) is 0 Å². The summed E-state index contributed by atoms with van der Waals surface area (Å²) >= 11 is 0. The first-order valence-corrected chi connectivity index (χ1v) is 7.08. The molecule has 1 N–H and O–H groups in total. The van der Waals surface area contributed by atoms with E-state index in [1.165, 1.54) is 16.5 Å². The first-order valence-electron chi connectivity index (χ1n) is 7.08. The Labute approximate surface area is 120 Å². The standard InChI is InChI=1S/C17H22N2O/c1-3-14(13-18-10-11-20-2)12-16-7-4-6-15-8-5-9-19-17(15)16/h4-9,12,18H,3,10-11,13H2,1-2H3. The number of nitrogens with zero attached hydrogens (tertiary/aromatic N) is 1. The molecular formula is C17H22N2O. The SMILES string of the molecule is CCC(=Cc1cccc2cccnc12)CNCCOC. The second-order valence-corrected chi connectivity index (χ2v) is 4.75. The summed E-state index contributed by atoms with van der Waals surface area (Å²) in [5, 5.41) is 4.58. The smallest absolute Gasteiger partial charge is 0.0774 e. The number of fused-ring (bicyclic) bond motifs is 1. The van der Waals surface area contributed by atoms with Gasteiger partial charge in [0.25, 0.3) is 0 Å². The van der Waals surface area contributed by atoms with Crippen LogP contribution in [-0.2, 0) is 4.74 Å². The minimum absolute atomic E-state index is 0.743. The molecule has 0 bridgehead atoms. The van der Waals surface area contributed by atoms with Crippen LogP contribution in [0.2, 0.25) is 0 Å². The van der Waals surface area contributed by atoms with Crippen molar-refractivity contribution in [3.8, 4) is 0 Å². The first kappa shape index (κ1) is 14.7. The molecule has 0 atom stereocenters. The quantitative estimate of drug-likeness (QED) is 0.784. The first-order chi connectivity index (χ1) is 9.85. The average Bonchev–Trinajstić information content (AvgIpc) is 2.50. The van der Waals surface area contributed by atoms with E-state index in [4.69, 9.17) is 4.74 Å². The fourth-order valence-electron chi connectivity index (χ4n) is 2.17. The Morgan fingerprint density at radius 2 is 2.15 bits per heavy atom. The second-order valence-electron chi connectivity index (χ2n) is 4.75. The van der Waals surface area contributed by atoms with Crippen molar-refractivity contribution < 1.29 is 4.74 Å². The van der Waals surface area contributed by atoms with Crippen LogP contribution in [0.1, 0.15) is 18.9 Å². The number of pyridine rings is 1. The Morgan fingerprint density at radius 1 is 1.30 bits per heavy atom. The van der Waals surface area contributed by atoms with Crippen LogP contribution < -0.4 is 5.32 Å². The number of nitrogens with one attached hydrogen (secondary N) is 1. The van der Waals surface area contributed by atoms with Gasteiger partial charge in [-0.2, -0.15) is 0 Å². The maximum absolute atomic E-state index is 5.04. The van der Waals surface area contributed by atoms with E-state index in [0.29, 0.717) is 0 Å². The second kappa shape index (κ2) is 7.78. The van der Waals surface area contributed by atoms with Gasteiger partial charge in [-0.3, -0.25) is 4.98 Å². The molecule has 0 amide bonds. The zero-order valence-corrected chi connectivity index (χ0v) is 12.2. The van der Waals surface area contributed by atoms with Gasteiger partial charge >= 0.3 is 0 Å². The van der Waals surface area contributed by atoms with Crippen LogP contribution in [-0.4, -0.2) is 31.8 Å². The van der Waals surface area contributed by atoms with E-state index < -0.39 is 0 Å². The third kappa shape index (κ3) is 3.89. The zero-order valence-electron chi connectivity index (χ0n) is 12.2. The van der Waals surface area contributed by atoms with Crippen LogP contribution in [0.4, 0.5) is 0 Å². The predicted octanol–water partition coefficient (Wildman–Crippen LogP) is 3.26. The molecule has 2 rings (SSSR count). The lowest BCUT2D eigenvalue weighted by Gasteiger charge is -2.08. The van der Waals surface area contributed by atoms with Gasteiger partial charge < -0.3 is 10.1 Å². The van der Waals surface area contributed by atoms with Gasteiger partial charge in [0.05, 0.1) is 12.1 Å². The van der Waals surface area contributed by atoms with Gasteiger partial charge in [0, 0.05) is 37.3 Å². The van der Waals surface area contributed by atoms with Crippen molar-refractivity contribution >= 4 is 17.0 Å². The van der Waals surface area contributed by atoms with Crippen LogP contribution in [0.3, 0.4) is 0 Å². The summed E-state index contributed by atoms with van der Waals surface area (Å²) in [4.78, 5) is 4.49. The molecule has 3 nitrogen and oxygen atoms in total. The number of para-hydroxylation sites is 1. The number of aromatic nitrogens is 1. The lowest BCUT2D eigenvalue weighted by atomic mass is 10.1. The van der Waals surface area contributed by atoms with Crippen molar-refractivity contribution in [2.45, 2.75) is 13.3 Å². The summed E-state index contributed by atoms with van der Waals surface area (Å²) < 4.78 is 5.04. The fraction of sp³-hybridized carbons (Fsp3) is 0.353. The Morgan fingerprint density at radius 3 is 2.95 bits per heavy atom. The summed E-state index contributed by atoms with van der Waals surface area (Å²) in [6.07, 6.45) is 5.13. The van der Waals surface area contributed by atoms with E-state index in [-0.39, 0.29) is 0 Å². The number of methoxy groups -OCH3 is 1. The van der Waals surface area contributed by atoms with E-state index >= 15 is 0 Å². The lowest BCUT2D eigenvalue weighted by molar-refractivity contribution is 0.200. The van der Waals surface area contributed by atoms with Crippen molar-refractivity contribution in [1.29, 1.82) is 0 Å².